The topological polar surface area (TPSA) is 98.8 Å². The Bertz CT molecular complexity index is 797. The Morgan fingerprint density at radius 3 is 2.27 bits per heavy atom. The highest BCUT2D eigenvalue weighted by molar-refractivity contribution is 7.86. The largest absolute Gasteiger partial charge is 0.467 e. The van der Waals surface area contributed by atoms with Crippen LogP contribution >= 0.6 is 11.6 Å². The Balaban J connectivity index is 1.65. The summed E-state index contributed by atoms with van der Waals surface area (Å²) in [6.07, 6.45) is 1.76. The Hall–Kier alpha value is -1.64. The lowest BCUT2D eigenvalue weighted by Crippen LogP contribution is -2.44. The summed E-state index contributed by atoms with van der Waals surface area (Å²) in [5, 5.41) is 3.26. The molecule has 2 saturated carbocycles. The molecule has 0 aliphatic heterocycles. The van der Waals surface area contributed by atoms with Gasteiger partial charge >= 0.3 is 5.97 Å². The maximum Gasteiger partial charge on any atom is 0.328 e. The van der Waals surface area contributed by atoms with E-state index in [1.807, 2.05) is 0 Å². The van der Waals surface area contributed by atoms with Crippen molar-refractivity contribution < 1.29 is 26.9 Å². The quantitative estimate of drug-likeness (QED) is 0.574. The molecule has 0 bridgehead atoms. The first-order chi connectivity index (χ1) is 12.2. The molecule has 9 heteroatoms. The molecule has 1 amide bonds. The second-order valence-corrected chi connectivity index (χ2v) is 8.82. The number of hydrogen-bond donors (Lipinski definition) is 1. The van der Waals surface area contributed by atoms with Gasteiger partial charge in [0.1, 0.15) is 6.04 Å². The van der Waals surface area contributed by atoms with E-state index in [9.17, 15) is 18.0 Å². The van der Waals surface area contributed by atoms with Crippen molar-refractivity contribution in [2.45, 2.75) is 25.0 Å². The predicted octanol–water partition coefficient (Wildman–Crippen LogP) is 1.61. The van der Waals surface area contributed by atoms with Gasteiger partial charge < -0.3 is 10.1 Å². The van der Waals surface area contributed by atoms with Gasteiger partial charge in [-0.2, -0.15) is 8.42 Å². The van der Waals surface area contributed by atoms with Crippen LogP contribution in [-0.2, 0) is 23.8 Å². The molecule has 0 heterocycles. The zero-order valence-corrected chi connectivity index (χ0v) is 15.9. The van der Waals surface area contributed by atoms with E-state index < -0.39 is 22.1 Å². The molecule has 0 spiro atoms. The van der Waals surface area contributed by atoms with Crippen molar-refractivity contribution in [1.29, 1.82) is 0 Å². The van der Waals surface area contributed by atoms with Crippen LogP contribution < -0.4 is 5.32 Å². The van der Waals surface area contributed by atoms with Gasteiger partial charge in [0.15, 0.2) is 0 Å². The summed E-state index contributed by atoms with van der Waals surface area (Å²) in [5.74, 6) is -0.691. The van der Waals surface area contributed by atoms with Crippen LogP contribution in [0, 0.1) is 17.8 Å². The van der Waals surface area contributed by atoms with Crippen molar-refractivity contribution in [2.24, 2.45) is 17.8 Å². The third-order valence-corrected chi connectivity index (χ3v) is 5.89. The number of methoxy groups -OCH3 is 1. The fraction of sp³-hybridized carbons (Fsp3) is 0.529. The number of rotatable bonds is 6. The van der Waals surface area contributed by atoms with E-state index in [1.165, 1.54) is 7.11 Å². The summed E-state index contributed by atoms with van der Waals surface area (Å²) in [4.78, 5) is 24.6. The number of halogens is 1. The molecule has 142 valence electrons. The minimum atomic E-state index is -3.50. The summed E-state index contributed by atoms with van der Waals surface area (Å²) in [7, 11) is -2.22. The van der Waals surface area contributed by atoms with Crippen molar-refractivity contribution in [3.8, 4) is 0 Å². The van der Waals surface area contributed by atoms with Crippen LogP contribution in [0.25, 0.3) is 0 Å². The van der Waals surface area contributed by atoms with Crippen LogP contribution in [0.2, 0.25) is 5.02 Å². The number of ether oxygens (including phenoxy) is 1. The summed E-state index contributed by atoms with van der Waals surface area (Å²) in [6.45, 7) is 0. The monoisotopic (exact) mass is 401 g/mol. The first-order valence-corrected chi connectivity index (χ1v) is 10.4. The Morgan fingerprint density at radius 2 is 1.77 bits per heavy atom. The Kier molecular flexibility index (Phi) is 5.28. The predicted molar refractivity (Wildman–Crippen MR) is 94.1 cm³/mol. The lowest BCUT2D eigenvalue weighted by atomic mass is 10.0. The minimum Gasteiger partial charge on any atom is -0.467 e. The highest BCUT2D eigenvalue weighted by atomic mass is 35.5. The number of nitrogens with one attached hydrogen (secondary N) is 1. The average molecular weight is 402 g/mol. The highest BCUT2D eigenvalue weighted by Crippen LogP contribution is 2.60. The molecule has 1 aromatic rings. The van der Waals surface area contributed by atoms with Crippen LogP contribution in [0.3, 0.4) is 0 Å². The molecule has 0 aromatic heterocycles. The molecule has 26 heavy (non-hydrogen) atoms. The molecule has 1 aromatic carbocycles. The second-order valence-electron chi connectivity index (χ2n) is 6.78. The third kappa shape index (κ3) is 4.19. The second kappa shape index (κ2) is 7.17. The van der Waals surface area contributed by atoms with Gasteiger partial charge in [-0.05, 0) is 54.9 Å². The number of amides is 1. The lowest BCUT2D eigenvalue weighted by molar-refractivity contribution is -0.143. The van der Waals surface area contributed by atoms with Crippen molar-refractivity contribution in [2.75, 3.05) is 13.4 Å². The summed E-state index contributed by atoms with van der Waals surface area (Å²) in [6, 6.07) is 5.59. The number of benzene rings is 1. The minimum absolute atomic E-state index is 0.0712. The lowest BCUT2D eigenvalue weighted by Gasteiger charge is -2.20. The average Bonchev–Trinajstić information content (AvgIpc) is 3.05. The molecule has 0 saturated heterocycles. The van der Waals surface area contributed by atoms with Crippen LogP contribution in [0.4, 0.5) is 0 Å². The van der Waals surface area contributed by atoms with Gasteiger partial charge in [-0.3, -0.25) is 8.98 Å². The number of carbonyl (C=O) groups excluding carboxylic acids is 2. The molecule has 2 fully saturated rings. The van der Waals surface area contributed by atoms with Crippen molar-refractivity contribution >= 4 is 33.6 Å². The number of fused-ring (bicyclic) bond motifs is 1. The van der Waals surface area contributed by atoms with Gasteiger partial charge in [-0.1, -0.05) is 11.6 Å². The van der Waals surface area contributed by atoms with Crippen molar-refractivity contribution in [3.05, 3.63) is 34.9 Å². The zero-order valence-electron chi connectivity index (χ0n) is 14.3. The highest BCUT2D eigenvalue weighted by Gasteiger charge is 2.61. The molecule has 5 atom stereocenters. The third-order valence-electron chi connectivity index (χ3n) is 5.01. The maximum absolute atomic E-state index is 12.4. The molecule has 2 aliphatic carbocycles. The molecular weight excluding hydrogens is 382 g/mol. The summed E-state index contributed by atoms with van der Waals surface area (Å²) in [5.41, 5.74) is 0.396. The van der Waals surface area contributed by atoms with Gasteiger partial charge in [-0.15, -0.1) is 0 Å². The number of hydrogen-bond acceptors (Lipinski definition) is 6. The smallest absolute Gasteiger partial charge is 0.328 e. The van der Waals surface area contributed by atoms with Gasteiger partial charge in [0.25, 0.3) is 16.0 Å². The van der Waals surface area contributed by atoms with Crippen LogP contribution in [0.15, 0.2) is 24.3 Å². The Morgan fingerprint density at radius 1 is 1.19 bits per heavy atom. The molecule has 7 nitrogen and oxygen atoms in total. The molecule has 0 radical (unpaired) electrons. The molecular formula is C17H20ClNO6S. The van der Waals surface area contributed by atoms with Gasteiger partial charge in [0.05, 0.1) is 19.5 Å². The number of esters is 1. The maximum atomic E-state index is 12.4. The van der Waals surface area contributed by atoms with Crippen LogP contribution in [0.5, 0.6) is 0 Å². The van der Waals surface area contributed by atoms with Gasteiger partial charge in [0.2, 0.25) is 0 Å². The van der Waals surface area contributed by atoms with Gasteiger partial charge in [-0.25, -0.2) is 4.79 Å². The Labute approximate surface area is 157 Å². The zero-order chi connectivity index (χ0) is 19.1. The fourth-order valence-electron chi connectivity index (χ4n) is 3.93. The molecule has 2 aliphatic rings. The SMILES string of the molecule is COC(=O)C(NC(=O)c1ccc(Cl)cc1)[C@H]1[C@@H]2C[C@H](OS(C)(=O)=O)C[C@@H]21. The van der Waals surface area contributed by atoms with Crippen molar-refractivity contribution in [1.82, 2.24) is 5.32 Å². The summed E-state index contributed by atoms with van der Waals surface area (Å²) >= 11 is 5.82. The van der Waals surface area contributed by atoms with E-state index in [1.54, 1.807) is 24.3 Å². The van der Waals surface area contributed by atoms with E-state index in [0.29, 0.717) is 23.4 Å². The number of carbonyl (C=O) groups is 2. The molecule has 1 unspecified atom stereocenters. The van der Waals surface area contributed by atoms with E-state index in [-0.39, 0.29) is 29.8 Å². The van der Waals surface area contributed by atoms with Crippen LogP contribution in [-0.4, -0.2) is 45.8 Å². The standard InChI is InChI=1S/C17H20ClNO6S/c1-24-17(21)15(19-16(20)9-3-5-10(18)6-4-9)14-12-7-11(8-13(12)14)25-26(2,22)23/h3-6,11-15H,7-8H2,1-2H3,(H,19,20)/t11-,12+,13-,14-,15?. The van der Waals surface area contributed by atoms with E-state index >= 15 is 0 Å². The van der Waals surface area contributed by atoms with Crippen molar-refractivity contribution in [3.63, 3.8) is 0 Å². The van der Waals surface area contributed by atoms with E-state index in [0.717, 1.165) is 6.26 Å². The first-order valence-electron chi connectivity index (χ1n) is 8.22. The fourth-order valence-corrected chi connectivity index (χ4v) is 4.70. The normalized spacial score (nSPS) is 28.1. The van der Waals surface area contributed by atoms with Crippen LogP contribution in [0.1, 0.15) is 23.2 Å². The van der Waals surface area contributed by atoms with E-state index in [2.05, 4.69) is 5.32 Å². The molecule has 3 rings (SSSR count). The van der Waals surface area contributed by atoms with Gasteiger partial charge in [0, 0.05) is 10.6 Å². The molecule has 1 N–H and O–H groups in total. The first kappa shape index (κ1) is 19.1. The summed E-state index contributed by atoms with van der Waals surface area (Å²) < 4.78 is 32.4. The van der Waals surface area contributed by atoms with E-state index in [4.69, 9.17) is 20.5 Å².